The first-order valence-corrected chi connectivity index (χ1v) is 6.52. The van der Waals surface area contributed by atoms with Gasteiger partial charge in [-0.2, -0.15) is 0 Å². The summed E-state index contributed by atoms with van der Waals surface area (Å²) in [6, 6.07) is 11.0. The van der Waals surface area contributed by atoms with Crippen molar-refractivity contribution in [1.82, 2.24) is 5.32 Å². The van der Waals surface area contributed by atoms with Crippen molar-refractivity contribution in [2.75, 3.05) is 13.6 Å². The van der Waals surface area contributed by atoms with Crippen LogP contribution in [0.4, 0.5) is 4.39 Å². The number of thiophene rings is 1. The van der Waals surface area contributed by atoms with E-state index in [0.717, 1.165) is 17.0 Å². The van der Waals surface area contributed by atoms with Crippen molar-refractivity contribution in [2.45, 2.75) is 12.8 Å². The number of hydrogen-bond donors (Lipinski definition) is 1. The van der Waals surface area contributed by atoms with Crippen LogP contribution in [0.15, 0.2) is 36.4 Å². The fraction of sp³-hybridized carbons (Fsp3) is 0.286. The van der Waals surface area contributed by atoms with Gasteiger partial charge < -0.3 is 5.32 Å². The molecule has 1 nitrogen and oxygen atoms in total. The van der Waals surface area contributed by atoms with Crippen LogP contribution in [0.1, 0.15) is 17.7 Å². The molecule has 0 aliphatic heterocycles. The summed E-state index contributed by atoms with van der Waals surface area (Å²) in [5.74, 6) is 0.313. The lowest BCUT2D eigenvalue weighted by Crippen LogP contribution is -2.13. The summed E-state index contributed by atoms with van der Waals surface area (Å²) in [5, 5.41) is 3.17. The predicted molar refractivity (Wildman–Crippen MR) is 72.1 cm³/mol. The van der Waals surface area contributed by atoms with Gasteiger partial charge in [-0.15, -0.1) is 11.3 Å². The maximum Gasteiger partial charge on any atom is 0.123 e. The van der Waals surface area contributed by atoms with E-state index in [2.05, 4.69) is 24.4 Å². The van der Waals surface area contributed by atoms with E-state index in [0.29, 0.717) is 5.92 Å². The molecule has 1 aromatic carbocycles. The first-order valence-electron chi connectivity index (χ1n) is 5.71. The Labute approximate surface area is 105 Å². The molecule has 1 heterocycles. The van der Waals surface area contributed by atoms with Crippen molar-refractivity contribution >= 4 is 11.3 Å². The van der Waals surface area contributed by atoms with E-state index < -0.39 is 0 Å². The smallest absolute Gasteiger partial charge is 0.123 e. The van der Waals surface area contributed by atoms with Gasteiger partial charge in [0.25, 0.3) is 0 Å². The van der Waals surface area contributed by atoms with Crippen molar-refractivity contribution in [1.29, 1.82) is 0 Å². The molecule has 0 saturated heterocycles. The number of nitrogens with one attached hydrogen (secondary N) is 1. The van der Waals surface area contributed by atoms with E-state index in [4.69, 9.17) is 0 Å². The van der Waals surface area contributed by atoms with Crippen LogP contribution in [0.3, 0.4) is 0 Å². The van der Waals surface area contributed by atoms with E-state index in [9.17, 15) is 4.39 Å². The van der Waals surface area contributed by atoms with Crippen LogP contribution in [0.25, 0.3) is 10.4 Å². The number of halogens is 1. The van der Waals surface area contributed by atoms with Crippen LogP contribution in [-0.2, 0) is 0 Å². The van der Waals surface area contributed by atoms with Crippen LogP contribution < -0.4 is 5.32 Å². The number of benzene rings is 1. The fourth-order valence-corrected chi connectivity index (χ4v) is 2.88. The predicted octanol–water partition coefficient (Wildman–Crippen LogP) is 3.88. The molecule has 0 bridgehead atoms. The second-order valence-electron chi connectivity index (χ2n) is 4.17. The van der Waals surface area contributed by atoms with Crippen LogP contribution in [0, 0.1) is 5.82 Å². The molecule has 1 atom stereocenters. The largest absolute Gasteiger partial charge is 0.319 e. The van der Waals surface area contributed by atoms with Crippen molar-refractivity contribution in [2.24, 2.45) is 0 Å². The Kier molecular flexibility index (Phi) is 3.92. The molecule has 0 amide bonds. The zero-order valence-corrected chi connectivity index (χ0v) is 10.9. The quantitative estimate of drug-likeness (QED) is 0.867. The van der Waals surface area contributed by atoms with Crippen molar-refractivity contribution in [3.05, 3.63) is 47.1 Å². The average Bonchev–Trinajstić information content (AvgIpc) is 2.78. The molecule has 0 fully saturated rings. The molecular weight excluding hydrogens is 233 g/mol. The maximum atomic E-state index is 13.1. The molecule has 1 unspecified atom stereocenters. The van der Waals surface area contributed by atoms with E-state index >= 15 is 0 Å². The second-order valence-corrected chi connectivity index (χ2v) is 5.29. The third-order valence-corrected chi connectivity index (χ3v) is 4.10. The second kappa shape index (κ2) is 5.43. The monoisotopic (exact) mass is 249 g/mol. The van der Waals surface area contributed by atoms with Gasteiger partial charge in [-0.1, -0.05) is 19.1 Å². The SMILES string of the molecule is CNCC(C)c1ccc(-c2cccc(F)c2)s1. The molecule has 17 heavy (non-hydrogen) atoms. The van der Waals surface area contributed by atoms with Gasteiger partial charge in [-0.05, 0) is 36.9 Å². The summed E-state index contributed by atoms with van der Waals surface area (Å²) >= 11 is 1.74. The topological polar surface area (TPSA) is 12.0 Å². The molecule has 0 radical (unpaired) electrons. The van der Waals surface area contributed by atoms with Gasteiger partial charge in [0.15, 0.2) is 0 Å². The molecule has 0 aliphatic carbocycles. The highest BCUT2D eigenvalue weighted by Crippen LogP contribution is 2.32. The van der Waals surface area contributed by atoms with Gasteiger partial charge in [-0.25, -0.2) is 4.39 Å². The lowest BCUT2D eigenvalue weighted by atomic mass is 10.1. The molecule has 2 aromatic rings. The lowest BCUT2D eigenvalue weighted by Gasteiger charge is -2.07. The summed E-state index contributed by atoms with van der Waals surface area (Å²) in [6.45, 7) is 3.15. The van der Waals surface area contributed by atoms with E-state index in [1.165, 1.54) is 10.9 Å². The van der Waals surface area contributed by atoms with Gasteiger partial charge in [0.2, 0.25) is 0 Å². The first kappa shape index (κ1) is 12.3. The van der Waals surface area contributed by atoms with Crippen molar-refractivity contribution < 1.29 is 4.39 Å². The third kappa shape index (κ3) is 2.93. The van der Waals surface area contributed by atoms with Gasteiger partial charge >= 0.3 is 0 Å². The Morgan fingerprint density at radius 1 is 1.29 bits per heavy atom. The van der Waals surface area contributed by atoms with Crippen LogP contribution >= 0.6 is 11.3 Å². The minimum atomic E-state index is -0.180. The molecule has 2 rings (SSSR count). The minimum absolute atomic E-state index is 0.180. The highest BCUT2D eigenvalue weighted by atomic mass is 32.1. The summed E-state index contributed by atoms with van der Waals surface area (Å²) in [7, 11) is 1.96. The van der Waals surface area contributed by atoms with E-state index in [1.54, 1.807) is 23.5 Å². The molecule has 1 aromatic heterocycles. The highest BCUT2D eigenvalue weighted by Gasteiger charge is 2.09. The molecule has 0 spiro atoms. The summed E-state index contributed by atoms with van der Waals surface area (Å²) in [5.41, 5.74) is 0.956. The maximum absolute atomic E-state index is 13.1. The number of rotatable bonds is 4. The van der Waals surface area contributed by atoms with Gasteiger partial charge in [0.05, 0.1) is 0 Å². The standard InChI is InChI=1S/C14H16FNS/c1-10(9-16-2)13-6-7-14(17-13)11-4-3-5-12(15)8-11/h3-8,10,16H,9H2,1-2H3. The van der Waals surface area contributed by atoms with Crippen LogP contribution in [0.5, 0.6) is 0 Å². The Balaban J connectivity index is 2.23. The summed E-state index contributed by atoms with van der Waals surface area (Å²) in [6.07, 6.45) is 0. The van der Waals surface area contributed by atoms with Crippen molar-refractivity contribution in [3.63, 3.8) is 0 Å². The van der Waals surface area contributed by atoms with Gasteiger partial charge in [-0.3, -0.25) is 0 Å². The number of hydrogen-bond acceptors (Lipinski definition) is 2. The number of likely N-dealkylation sites (N-methyl/N-ethyl adjacent to an activating group) is 1. The molecular formula is C14H16FNS. The fourth-order valence-electron chi connectivity index (χ4n) is 1.82. The average molecular weight is 249 g/mol. The minimum Gasteiger partial charge on any atom is -0.319 e. The normalized spacial score (nSPS) is 12.6. The van der Waals surface area contributed by atoms with E-state index in [-0.39, 0.29) is 5.82 Å². The van der Waals surface area contributed by atoms with Crippen LogP contribution in [0.2, 0.25) is 0 Å². The van der Waals surface area contributed by atoms with Crippen molar-refractivity contribution in [3.8, 4) is 10.4 Å². The highest BCUT2D eigenvalue weighted by molar-refractivity contribution is 7.15. The van der Waals surface area contributed by atoms with E-state index in [1.807, 2.05) is 13.1 Å². The van der Waals surface area contributed by atoms with Crippen LogP contribution in [-0.4, -0.2) is 13.6 Å². The Morgan fingerprint density at radius 3 is 2.82 bits per heavy atom. The summed E-state index contributed by atoms with van der Waals surface area (Å²) in [4.78, 5) is 2.46. The zero-order chi connectivity index (χ0) is 12.3. The van der Waals surface area contributed by atoms with Gasteiger partial charge in [0.1, 0.15) is 5.82 Å². The Hall–Kier alpha value is -1.19. The molecule has 0 saturated carbocycles. The summed E-state index contributed by atoms with van der Waals surface area (Å²) < 4.78 is 13.1. The molecule has 0 aliphatic rings. The Morgan fingerprint density at radius 2 is 2.12 bits per heavy atom. The lowest BCUT2D eigenvalue weighted by molar-refractivity contribution is 0.628. The Bertz CT molecular complexity index is 492. The molecule has 3 heteroatoms. The first-order chi connectivity index (χ1) is 8.20. The third-order valence-electron chi connectivity index (χ3n) is 2.73. The van der Waals surface area contributed by atoms with Gasteiger partial charge in [0, 0.05) is 22.2 Å². The zero-order valence-electron chi connectivity index (χ0n) is 10.0. The molecule has 1 N–H and O–H groups in total. The molecule has 90 valence electrons.